The molecule has 13 nitrogen and oxygen atoms in total. The van der Waals surface area contributed by atoms with Gasteiger partial charge in [-0.05, 0) is 121 Å². The molecule has 2 saturated carbocycles. The van der Waals surface area contributed by atoms with Gasteiger partial charge in [0.05, 0.1) is 36.9 Å². The van der Waals surface area contributed by atoms with Crippen molar-refractivity contribution in [2.24, 2.45) is 35.5 Å². The molecule has 0 aromatic heterocycles. The normalized spacial score (nSPS) is 43.4. The van der Waals surface area contributed by atoms with E-state index in [0.717, 1.165) is 24.8 Å². The molecule has 7 rings (SSSR count). The Kier molecular flexibility index (Phi) is 16.1. The highest BCUT2D eigenvalue weighted by molar-refractivity contribution is 5.99. The van der Waals surface area contributed by atoms with Crippen LogP contribution in [0.3, 0.4) is 0 Å². The molecular formula is C49H76N2O11. The van der Waals surface area contributed by atoms with Crippen molar-refractivity contribution < 1.29 is 52.6 Å². The molecule has 62 heavy (non-hydrogen) atoms. The molecule has 13 heteroatoms. The number of benzene rings is 1. The van der Waals surface area contributed by atoms with Crippen molar-refractivity contribution in [2.75, 3.05) is 35.4 Å². The molecule has 0 spiro atoms. The number of hydrogen-bond donors (Lipinski definition) is 2. The van der Waals surface area contributed by atoms with E-state index in [-0.39, 0.29) is 84.5 Å². The highest BCUT2D eigenvalue weighted by atomic mass is 16.7. The first kappa shape index (κ1) is 47.7. The maximum absolute atomic E-state index is 15.2. The fourth-order valence-electron chi connectivity index (χ4n) is 12.4. The van der Waals surface area contributed by atoms with Crippen LogP contribution in [0, 0.1) is 35.5 Å². The number of allylic oxidation sites excluding steroid dienone is 2. The largest absolute Gasteiger partial charge is 0.462 e. The molecule has 348 valence electrons. The summed E-state index contributed by atoms with van der Waals surface area (Å²) in [6.07, 6.45) is 3.67. The quantitative estimate of drug-likeness (QED) is 0.237. The zero-order valence-electron chi connectivity index (χ0n) is 38.9. The Balaban J connectivity index is 1.21. The fraction of sp³-hybridized carbons (Fsp3) is 0.796. The summed E-state index contributed by atoms with van der Waals surface area (Å²) < 4.78 is 50.3. The molecule has 0 bridgehead atoms. The minimum Gasteiger partial charge on any atom is -0.462 e. The number of esters is 1. The number of nitrogens with one attached hydrogen (secondary N) is 1. The topological polar surface area (TPSA) is 143 Å². The SMILES string of the molecule is CC[C@H]1CCC[C@H](O[C@H]2CC[C@H](N(C)C)C(C)O2)[C@@H](C)C(=O)C2=C[C@H]3[C@@H]4C[C@H](O[C@@H]5OC(C)[C@H](OC)C(OC)C5OC)C[C@H]4[C@@H](O)[C@H](N[C@H](C)c4ccccc4)[C@H]3[C@@H]2CC(=O)O1. The second kappa shape index (κ2) is 20.9. The number of ether oxygens (including phenoxy) is 8. The van der Waals surface area contributed by atoms with E-state index in [4.69, 9.17) is 37.9 Å². The smallest absolute Gasteiger partial charge is 0.306 e. The van der Waals surface area contributed by atoms with Gasteiger partial charge in [-0.1, -0.05) is 50.3 Å². The van der Waals surface area contributed by atoms with Gasteiger partial charge in [0.2, 0.25) is 0 Å². The summed E-state index contributed by atoms with van der Waals surface area (Å²) in [5.41, 5.74) is 1.75. The number of likely N-dealkylation sites (N-methyl/N-ethyl adjacent to an activating group) is 1. The first-order chi connectivity index (χ1) is 29.8. The van der Waals surface area contributed by atoms with Crippen molar-refractivity contribution in [1.29, 1.82) is 0 Å². The van der Waals surface area contributed by atoms with E-state index < -0.39 is 48.8 Å². The van der Waals surface area contributed by atoms with Crippen LogP contribution < -0.4 is 5.32 Å². The van der Waals surface area contributed by atoms with Crippen LogP contribution >= 0.6 is 0 Å². The van der Waals surface area contributed by atoms with Gasteiger partial charge in [-0.3, -0.25) is 9.59 Å². The van der Waals surface area contributed by atoms with Crippen LogP contribution in [0.15, 0.2) is 42.0 Å². The second-order valence-electron chi connectivity index (χ2n) is 19.4. The Hall–Kier alpha value is -2.30. The molecule has 20 atom stereocenters. The number of fused-ring (bicyclic) bond motifs is 5. The second-order valence-corrected chi connectivity index (χ2v) is 19.4. The Morgan fingerprint density at radius 3 is 2.24 bits per heavy atom. The predicted molar refractivity (Wildman–Crippen MR) is 233 cm³/mol. The molecule has 2 N–H and O–H groups in total. The minimum absolute atomic E-state index is 0.00219. The van der Waals surface area contributed by atoms with E-state index in [9.17, 15) is 9.90 Å². The number of carbonyl (C=O) groups is 2. The van der Waals surface area contributed by atoms with Crippen LogP contribution in [0.5, 0.6) is 0 Å². The first-order valence-corrected chi connectivity index (χ1v) is 23.6. The van der Waals surface area contributed by atoms with Crippen molar-refractivity contribution >= 4 is 11.8 Å². The number of methoxy groups -OCH3 is 3. The highest BCUT2D eigenvalue weighted by Crippen LogP contribution is 2.57. The van der Waals surface area contributed by atoms with Crippen molar-refractivity contribution in [3.8, 4) is 0 Å². The average Bonchev–Trinajstić information content (AvgIpc) is 3.85. The van der Waals surface area contributed by atoms with Crippen LogP contribution in [0.2, 0.25) is 0 Å². The summed E-state index contributed by atoms with van der Waals surface area (Å²) in [4.78, 5) is 31.5. The molecule has 5 fully saturated rings. The lowest BCUT2D eigenvalue weighted by atomic mass is 9.62. The van der Waals surface area contributed by atoms with Crippen LogP contribution in [0.1, 0.15) is 104 Å². The minimum atomic E-state index is -0.774. The van der Waals surface area contributed by atoms with Crippen molar-refractivity contribution in [3.05, 3.63) is 47.5 Å². The number of hydrogen-bond acceptors (Lipinski definition) is 13. The third kappa shape index (κ3) is 9.93. The van der Waals surface area contributed by atoms with Gasteiger partial charge in [-0.25, -0.2) is 0 Å². The number of aliphatic hydroxyl groups excluding tert-OH is 1. The van der Waals surface area contributed by atoms with E-state index in [0.29, 0.717) is 43.7 Å². The van der Waals surface area contributed by atoms with Gasteiger partial charge < -0.3 is 53.2 Å². The average molecular weight is 869 g/mol. The number of ketones is 1. The van der Waals surface area contributed by atoms with E-state index in [1.165, 1.54) is 0 Å². The third-order valence-electron chi connectivity index (χ3n) is 15.6. The van der Waals surface area contributed by atoms with Crippen molar-refractivity contribution in [3.63, 3.8) is 0 Å². The fourth-order valence-corrected chi connectivity index (χ4v) is 12.4. The number of aliphatic hydroxyl groups is 1. The number of cyclic esters (lactones) is 1. The Labute approximate surface area is 370 Å². The highest BCUT2D eigenvalue weighted by Gasteiger charge is 2.60. The van der Waals surface area contributed by atoms with Gasteiger partial charge >= 0.3 is 5.97 Å². The summed E-state index contributed by atoms with van der Waals surface area (Å²) in [7, 11) is 9.08. The molecule has 3 aliphatic heterocycles. The van der Waals surface area contributed by atoms with Gasteiger partial charge in [-0.2, -0.15) is 0 Å². The standard InChI is InChI=1S/C49H76N2O11/c1-11-31-18-15-19-39(62-41-21-20-38(51(6)7)28(4)58-41)26(2)44(53)37-24-34-33-22-32(61-49-48(57-10)47(56-9)46(55-8)29(5)59-49)23-36(33)45(54)43(42(34)35(37)25-40(52)60-31)50-27(3)30-16-13-12-14-17-30/h12-14,16-17,24,26-29,31-36,38-39,41-43,45-50,54H,11,15,18-23,25H2,1-10H3/t26-,27-,28?,29?,31+,32+,33+,34+,35-,36-,38+,39+,41+,42-,43-,45-,46+,47?,48?,49+/m1/s1. The maximum atomic E-state index is 15.2. The van der Waals surface area contributed by atoms with E-state index in [2.05, 4.69) is 63.3 Å². The van der Waals surface area contributed by atoms with Gasteiger partial charge in [0, 0.05) is 51.3 Å². The van der Waals surface area contributed by atoms with Gasteiger partial charge in [0.1, 0.15) is 24.4 Å². The zero-order valence-corrected chi connectivity index (χ0v) is 38.9. The lowest BCUT2D eigenvalue weighted by Gasteiger charge is -2.48. The predicted octanol–water partition coefficient (Wildman–Crippen LogP) is 6.01. The van der Waals surface area contributed by atoms with Gasteiger partial charge in [0.25, 0.3) is 0 Å². The van der Waals surface area contributed by atoms with Gasteiger partial charge in [0.15, 0.2) is 18.4 Å². The number of rotatable bonds is 12. The number of carbonyl (C=O) groups excluding carboxylic acids is 2. The molecule has 3 saturated heterocycles. The summed E-state index contributed by atoms with van der Waals surface area (Å²) in [6.45, 7) is 10.2. The summed E-state index contributed by atoms with van der Waals surface area (Å²) in [5, 5.41) is 16.5. The number of nitrogens with zero attached hydrogens (tertiary/aromatic N) is 1. The maximum Gasteiger partial charge on any atom is 0.306 e. The Morgan fingerprint density at radius 2 is 1.58 bits per heavy atom. The summed E-state index contributed by atoms with van der Waals surface area (Å²) in [6, 6.07) is 9.99. The van der Waals surface area contributed by atoms with E-state index in [1.807, 2.05) is 32.0 Å². The van der Waals surface area contributed by atoms with Crippen molar-refractivity contribution in [1.82, 2.24) is 10.2 Å². The molecule has 6 aliphatic rings. The van der Waals surface area contributed by atoms with Crippen LogP contribution in [0.4, 0.5) is 0 Å². The Bertz CT molecular complexity index is 1660. The number of Topliss-reactive ketones (excluding diaryl/α,β-unsaturated/α-hetero) is 1. The molecule has 1 aromatic rings. The molecule has 3 aliphatic carbocycles. The van der Waals surface area contributed by atoms with Crippen molar-refractivity contribution in [2.45, 2.75) is 178 Å². The summed E-state index contributed by atoms with van der Waals surface area (Å²) >= 11 is 0. The first-order valence-electron chi connectivity index (χ1n) is 23.6. The van der Waals surface area contributed by atoms with Crippen LogP contribution in [0.25, 0.3) is 0 Å². The van der Waals surface area contributed by atoms with E-state index in [1.54, 1.807) is 21.3 Å². The Morgan fingerprint density at radius 1 is 0.871 bits per heavy atom. The molecule has 3 heterocycles. The zero-order chi connectivity index (χ0) is 44.4. The molecule has 0 radical (unpaired) electrons. The summed E-state index contributed by atoms with van der Waals surface area (Å²) in [5.74, 6) is -1.72. The molecule has 1 aromatic carbocycles. The molecule has 4 unspecified atom stereocenters. The lowest BCUT2D eigenvalue weighted by molar-refractivity contribution is -0.314. The van der Waals surface area contributed by atoms with E-state index >= 15 is 4.79 Å². The van der Waals surface area contributed by atoms with Crippen LogP contribution in [-0.2, 0) is 47.5 Å². The van der Waals surface area contributed by atoms with Gasteiger partial charge in [-0.15, -0.1) is 0 Å². The monoisotopic (exact) mass is 869 g/mol. The molecular weight excluding hydrogens is 793 g/mol. The third-order valence-corrected chi connectivity index (χ3v) is 15.6. The van der Waals surface area contributed by atoms with Crippen LogP contribution in [-0.4, -0.2) is 137 Å². The molecule has 0 amide bonds. The lowest BCUT2D eigenvalue weighted by Crippen LogP contribution is -2.59.